The molecule has 0 spiro atoms. The number of anilines is 1. The van der Waals surface area contributed by atoms with Crippen molar-refractivity contribution in [3.05, 3.63) is 77.6 Å². The number of carbonyl (C=O) groups excluding carboxylic acids is 1. The van der Waals surface area contributed by atoms with Gasteiger partial charge in [-0.05, 0) is 56.0 Å². The Balaban J connectivity index is 1.60. The van der Waals surface area contributed by atoms with E-state index in [-0.39, 0.29) is 11.9 Å². The maximum absolute atomic E-state index is 13.5. The van der Waals surface area contributed by atoms with Gasteiger partial charge in [0.1, 0.15) is 5.69 Å². The second-order valence-corrected chi connectivity index (χ2v) is 7.33. The molecule has 26 heavy (non-hydrogen) atoms. The van der Waals surface area contributed by atoms with Crippen LogP contribution in [0.2, 0.25) is 0 Å². The number of amides is 1. The summed E-state index contributed by atoms with van der Waals surface area (Å²) in [4.78, 5) is 15.5. The highest BCUT2D eigenvalue weighted by Crippen LogP contribution is 2.40. The van der Waals surface area contributed by atoms with Crippen molar-refractivity contribution in [1.82, 2.24) is 9.78 Å². The van der Waals surface area contributed by atoms with Crippen molar-refractivity contribution in [2.75, 3.05) is 4.90 Å². The summed E-state index contributed by atoms with van der Waals surface area (Å²) in [5, 5.41) is 4.79. The smallest absolute Gasteiger partial charge is 0.277 e. The largest absolute Gasteiger partial charge is 0.304 e. The minimum Gasteiger partial charge on any atom is -0.304 e. The SMILES string of the molecule is CC1Cc2ccccc2N1C(=O)c1cc(C2CC2)nn1-c1ccccc1. The van der Waals surface area contributed by atoms with Gasteiger partial charge in [0.15, 0.2) is 0 Å². The molecule has 1 saturated carbocycles. The van der Waals surface area contributed by atoms with Crippen LogP contribution in [-0.2, 0) is 6.42 Å². The zero-order chi connectivity index (χ0) is 17.7. The molecule has 2 aliphatic rings. The van der Waals surface area contributed by atoms with Crippen molar-refractivity contribution in [3.8, 4) is 5.69 Å². The van der Waals surface area contributed by atoms with E-state index in [0.717, 1.165) is 23.5 Å². The lowest BCUT2D eigenvalue weighted by atomic mass is 10.1. The molecule has 0 bridgehead atoms. The number of para-hydroxylation sites is 2. The first-order chi connectivity index (χ1) is 12.7. The molecule has 2 heterocycles. The molecule has 1 aliphatic heterocycles. The van der Waals surface area contributed by atoms with Gasteiger partial charge < -0.3 is 4.90 Å². The Labute approximate surface area is 153 Å². The Morgan fingerprint density at radius 3 is 2.54 bits per heavy atom. The molecule has 0 radical (unpaired) electrons. The molecular weight excluding hydrogens is 322 g/mol. The fourth-order valence-corrected chi connectivity index (χ4v) is 3.89. The molecule has 1 atom stereocenters. The summed E-state index contributed by atoms with van der Waals surface area (Å²) in [5.41, 5.74) is 4.89. The van der Waals surface area contributed by atoms with E-state index in [1.54, 1.807) is 0 Å². The first kappa shape index (κ1) is 15.4. The molecule has 5 rings (SSSR count). The van der Waals surface area contributed by atoms with Gasteiger partial charge in [0.25, 0.3) is 5.91 Å². The molecule has 4 nitrogen and oxygen atoms in total. The minimum atomic E-state index is 0.0331. The number of fused-ring (bicyclic) bond motifs is 1. The van der Waals surface area contributed by atoms with Gasteiger partial charge in [0, 0.05) is 17.6 Å². The molecule has 1 fully saturated rings. The van der Waals surface area contributed by atoms with Crippen LogP contribution in [0.15, 0.2) is 60.7 Å². The summed E-state index contributed by atoms with van der Waals surface area (Å²) in [6.07, 6.45) is 3.24. The molecule has 3 aromatic rings. The Kier molecular flexibility index (Phi) is 3.45. The highest BCUT2D eigenvalue weighted by molar-refractivity contribution is 6.07. The molecule has 1 aliphatic carbocycles. The topological polar surface area (TPSA) is 38.1 Å². The summed E-state index contributed by atoms with van der Waals surface area (Å²) >= 11 is 0. The van der Waals surface area contributed by atoms with Crippen molar-refractivity contribution in [3.63, 3.8) is 0 Å². The number of aromatic nitrogens is 2. The van der Waals surface area contributed by atoms with Gasteiger partial charge in [-0.2, -0.15) is 5.10 Å². The molecular formula is C22H21N3O. The van der Waals surface area contributed by atoms with Crippen LogP contribution in [0.5, 0.6) is 0 Å². The predicted molar refractivity (Wildman–Crippen MR) is 102 cm³/mol. The Hall–Kier alpha value is -2.88. The van der Waals surface area contributed by atoms with E-state index in [1.165, 1.54) is 18.4 Å². The van der Waals surface area contributed by atoms with E-state index in [2.05, 4.69) is 13.0 Å². The van der Waals surface area contributed by atoms with Crippen molar-refractivity contribution in [2.24, 2.45) is 0 Å². The van der Waals surface area contributed by atoms with Crippen molar-refractivity contribution in [1.29, 1.82) is 0 Å². The van der Waals surface area contributed by atoms with Crippen LogP contribution in [0.4, 0.5) is 5.69 Å². The number of rotatable bonds is 3. The van der Waals surface area contributed by atoms with Crippen LogP contribution in [0.3, 0.4) is 0 Å². The fourth-order valence-electron chi connectivity index (χ4n) is 3.89. The van der Waals surface area contributed by atoms with E-state index in [0.29, 0.717) is 11.6 Å². The van der Waals surface area contributed by atoms with Gasteiger partial charge in [0.05, 0.1) is 11.4 Å². The zero-order valence-corrected chi connectivity index (χ0v) is 14.8. The lowest BCUT2D eigenvalue weighted by Gasteiger charge is -2.23. The minimum absolute atomic E-state index is 0.0331. The summed E-state index contributed by atoms with van der Waals surface area (Å²) in [6, 6.07) is 20.3. The molecule has 1 unspecified atom stereocenters. The normalized spacial score (nSPS) is 18.8. The van der Waals surface area contributed by atoms with E-state index in [9.17, 15) is 4.79 Å². The van der Waals surface area contributed by atoms with Gasteiger partial charge in [-0.1, -0.05) is 36.4 Å². The number of hydrogen-bond acceptors (Lipinski definition) is 2. The second-order valence-electron chi connectivity index (χ2n) is 7.33. The van der Waals surface area contributed by atoms with E-state index in [4.69, 9.17) is 5.10 Å². The van der Waals surface area contributed by atoms with Crippen LogP contribution < -0.4 is 4.90 Å². The molecule has 130 valence electrons. The molecule has 4 heteroatoms. The second kappa shape index (κ2) is 5.84. The van der Waals surface area contributed by atoms with Crippen LogP contribution >= 0.6 is 0 Å². The number of carbonyl (C=O) groups is 1. The van der Waals surface area contributed by atoms with Gasteiger partial charge in [-0.25, -0.2) is 4.68 Å². The quantitative estimate of drug-likeness (QED) is 0.709. The molecule has 1 aromatic heterocycles. The third kappa shape index (κ3) is 2.45. The zero-order valence-electron chi connectivity index (χ0n) is 14.8. The fraction of sp³-hybridized carbons (Fsp3) is 0.273. The third-order valence-electron chi connectivity index (χ3n) is 5.37. The van der Waals surface area contributed by atoms with E-state index >= 15 is 0 Å². The first-order valence-corrected chi connectivity index (χ1v) is 9.29. The van der Waals surface area contributed by atoms with E-state index < -0.39 is 0 Å². The molecule has 0 saturated heterocycles. The monoisotopic (exact) mass is 343 g/mol. The van der Waals surface area contributed by atoms with Crippen LogP contribution in [0.1, 0.15) is 47.4 Å². The maximum Gasteiger partial charge on any atom is 0.277 e. The Morgan fingerprint density at radius 1 is 1.04 bits per heavy atom. The van der Waals surface area contributed by atoms with Gasteiger partial charge in [-0.3, -0.25) is 4.79 Å². The maximum atomic E-state index is 13.5. The van der Waals surface area contributed by atoms with Crippen molar-refractivity contribution in [2.45, 2.75) is 38.1 Å². The van der Waals surface area contributed by atoms with Crippen LogP contribution in [-0.4, -0.2) is 21.7 Å². The third-order valence-corrected chi connectivity index (χ3v) is 5.37. The summed E-state index contributed by atoms with van der Waals surface area (Å²) < 4.78 is 1.82. The van der Waals surface area contributed by atoms with E-state index in [1.807, 2.05) is 64.2 Å². The van der Waals surface area contributed by atoms with Crippen LogP contribution in [0, 0.1) is 0 Å². The molecule has 0 N–H and O–H groups in total. The summed E-state index contributed by atoms with van der Waals surface area (Å²) in [7, 11) is 0. The Bertz CT molecular complexity index is 972. The average Bonchev–Trinajstić information content (AvgIpc) is 3.33. The predicted octanol–water partition coefficient (Wildman–Crippen LogP) is 4.34. The van der Waals surface area contributed by atoms with Gasteiger partial charge in [0.2, 0.25) is 0 Å². The first-order valence-electron chi connectivity index (χ1n) is 9.29. The average molecular weight is 343 g/mol. The van der Waals surface area contributed by atoms with Gasteiger partial charge >= 0.3 is 0 Å². The molecule has 2 aromatic carbocycles. The molecule has 1 amide bonds. The van der Waals surface area contributed by atoms with Gasteiger partial charge in [-0.15, -0.1) is 0 Å². The van der Waals surface area contributed by atoms with Crippen molar-refractivity contribution < 1.29 is 4.79 Å². The highest BCUT2D eigenvalue weighted by Gasteiger charge is 2.35. The highest BCUT2D eigenvalue weighted by atomic mass is 16.2. The lowest BCUT2D eigenvalue weighted by Crippen LogP contribution is -2.36. The lowest BCUT2D eigenvalue weighted by molar-refractivity contribution is 0.0974. The number of nitrogens with zero attached hydrogens (tertiary/aromatic N) is 3. The van der Waals surface area contributed by atoms with Crippen molar-refractivity contribution >= 4 is 11.6 Å². The number of hydrogen-bond donors (Lipinski definition) is 0. The standard InChI is InChI=1S/C22H21N3O/c1-15-13-17-7-5-6-10-20(17)24(15)22(26)21-14-19(16-11-12-16)23-25(21)18-8-3-2-4-9-18/h2-10,14-16H,11-13H2,1H3. The summed E-state index contributed by atoms with van der Waals surface area (Å²) in [6.45, 7) is 2.11. The Morgan fingerprint density at radius 2 is 1.77 bits per heavy atom. The van der Waals surface area contributed by atoms with Crippen LogP contribution in [0.25, 0.3) is 5.69 Å². The number of benzene rings is 2. The summed E-state index contributed by atoms with van der Waals surface area (Å²) in [5.74, 6) is 0.542.